The minimum absolute atomic E-state index is 0.0887. The Kier molecular flexibility index (Phi) is 8.26. The van der Waals surface area contributed by atoms with E-state index in [1.807, 2.05) is 19.0 Å². The maximum Gasteiger partial charge on any atom is 0.323 e. The largest absolute Gasteiger partial charge is 0.379 e. The molecule has 0 aromatic heterocycles. The standard InChI is InChI=1S/C22H27ClFN5O3/c1-28(2)20-6-4-15(26-22(31)27-16-3-5-19(24)18(23)14-16)13-17(20)21(30)25-7-8-29-9-11-32-12-10-29/h3-6,13-14H,7-12H2,1-2H3,(H,25,30)(H2,26,27,31). The van der Waals surface area contributed by atoms with Crippen LogP contribution < -0.4 is 20.9 Å². The van der Waals surface area contributed by atoms with E-state index in [0.717, 1.165) is 25.3 Å². The molecule has 0 unspecified atom stereocenters. The van der Waals surface area contributed by atoms with Gasteiger partial charge < -0.3 is 25.6 Å². The Morgan fingerprint density at radius 2 is 1.75 bits per heavy atom. The molecule has 3 N–H and O–H groups in total. The van der Waals surface area contributed by atoms with E-state index in [9.17, 15) is 14.0 Å². The lowest BCUT2D eigenvalue weighted by molar-refractivity contribution is 0.0383. The van der Waals surface area contributed by atoms with Crippen LogP contribution in [0.3, 0.4) is 0 Å². The summed E-state index contributed by atoms with van der Waals surface area (Å²) in [5.74, 6) is -0.794. The molecule has 172 valence electrons. The van der Waals surface area contributed by atoms with Crippen LogP contribution in [-0.4, -0.2) is 70.3 Å². The molecule has 0 aliphatic carbocycles. The fourth-order valence-corrected chi connectivity index (χ4v) is 3.48. The van der Waals surface area contributed by atoms with Crippen molar-refractivity contribution in [1.82, 2.24) is 10.2 Å². The molecular formula is C22H27ClFN5O3. The summed E-state index contributed by atoms with van der Waals surface area (Å²) < 4.78 is 18.6. The van der Waals surface area contributed by atoms with Gasteiger partial charge in [0.1, 0.15) is 5.82 Å². The Balaban J connectivity index is 1.64. The number of hydrogen-bond acceptors (Lipinski definition) is 5. The van der Waals surface area contributed by atoms with Gasteiger partial charge in [0.05, 0.1) is 23.8 Å². The monoisotopic (exact) mass is 463 g/mol. The minimum atomic E-state index is -0.568. The summed E-state index contributed by atoms with van der Waals surface area (Å²) >= 11 is 5.75. The van der Waals surface area contributed by atoms with Gasteiger partial charge in [0.15, 0.2) is 0 Å². The second kappa shape index (κ2) is 11.1. The molecule has 0 atom stereocenters. The molecule has 1 saturated heterocycles. The number of nitrogens with one attached hydrogen (secondary N) is 3. The maximum absolute atomic E-state index is 13.3. The van der Waals surface area contributed by atoms with Gasteiger partial charge in [-0.15, -0.1) is 0 Å². The van der Waals surface area contributed by atoms with Gasteiger partial charge in [0.2, 0.25) is 0 Å². The summed E-state index contributed by atoms with van der Waals surface area (Å²) in [5, 5.41) is 8.13. The molecule has 2 aromatic carbocycles. The second-order valence-electron chi connectivity index (χ2n) is 7.54. The van der Waals surface area contributed by atoms with Gasteiger partial charge >= 0.3 is 6.03 Å². The second-order valence-corrected chi connectivity index (χ2v) is 7.95. The highest BCUT2D eigenvalue weighted by Crippen LogP contribution is 2.24. The average molecular weight is 464 g/mol. The van der Waals surface area contributed by atoms with E-state index in [1.165, 1.54) is 18.2 Å². The first-order chi connectivity index (χ1) is 15.3. The molecule has 3 rings (SSSR count). The maximum atomic E-state index is 13.3. The highest BCUT2D eigenvalue weighted by molar-refractivity contribution is 6.31. The number of rotatable bonds is 7. The number of carbonyl (C=O) groups excluding carboxylic acids is 2. The van der Waals surface area contributed by atoms with Crippen molar-refractivity contribution < 1.29 is 18.7 Å². The summed E-state index contributed by atoms with van der Waals surface area (Å²) in [6.07, 6.45) is 0. The van der Waals surface area contributed by atoms with Gasteiger partial charge in [-0.2, -0.15) is 0 Å². The van der Waals surface area contributed by atoms with Gasteiger partial charge in [-0.3, -0.25) is 9.69 Å². The van der Waals surface area contributed by atoms with Crippen LogP contribution in [-0.2, 0) is 4.74 Å². The Morgan fingerprint density at radius 3 is 2.41 bits per heavy atom. The zero-order chi connectivity index (χ0) is 23.1. The molecule has 2 aromatic rings. The number of amides is 3. The third kappa shape index (κ3) is 6.56. The third-order valence-corrected chi connectivity index (χ3v) is 5.27. The summed E-state index contributed by atoms with van der Waals surface area (Å²) in [7, 11) is 3.69. The van der Waals surface area contributed by atoms with Crippen LogP contribution in [0.25, 0.3) is 0 Å². The van der Waals surface area contributed by atoms with Crippen molar-refractivity contribution in [3.05, 3.63) is 52.8 Å². The number of nitrogens with zero attached hydrogens (tertiary/aromatic N) is 2. The lowest BCUT2D eigenvalue weighted by Crippen LogP contribution is -2.41. The van der Waals surface area contributed by atoms with E-state index in [1.54, 1.807) is 18.2 Å². The van der Waals surface area contributed by atoms with Crippen LogP contribution in [0.5, 0.6) is 0 Å². The van der Waals surface area contributed by atoms with Crippen molar-refractivity contribution in [2.75, 3.05) is 69.0 Å². The number of halogens is 2. The van der Waals surface area contributed by atoms with E-state index in [-0.39, 0.29) is 10.9 Å². The molecule has 1 aliphatic heterocycles. The fourth-order valence-electron chi connectivity index (χ4n) is 3.30. The summed E-state index contributed by atoms with van der Waals surface area (Å²) in [6, 6.07) is 8.45. The zero-order valence-corrected chi connectivity index (χ0v) is 18.8. The predicted octanol–water partition coefficient (Wildman–Crippen LogP) is 3.25. The first kappa shape index (κ1) is 23.8. The van der Waals surface area contributed by atoms with E-state index in [4.69, 9.17) is 16.3 Å². The first-order valence-corrected chi connectivity index (χ1v) is 10.6. The molecule has 10 heteroatoms. The van der Waals surface area contributed by atoms with Crippen LogP contribution in [0.2, 0.25) is 5.02 Å². The fraction of sp³-hybridized carbons (Fsp3) is 0.364. The van der Waals surface area contributed by atoms with Crippen LogP contribution in [0, 0.1) is 5.82 Å². The summed E-state index contributed by atoms with van der Waals surface area (Å²) in [6.45, 7) is 4.37. The highest BCUT2D eigenvalue weighted by Gasteiger charge is 2.16. The SMILES string of the molecule is CN(C)c1ccc(NC(=O)Nc2ccc(F)c(Cl)c2)cc1C(=O)NCCN1CCOCC1. The van der Waals surface area contributed by atoms with Crippen molar-refractivity contribution in [3.8, 4) is 0 Å². The summed E-state index contributed by atoms with van der Waals surface area (Å²) in [5.41, 5.74) is 1.96. The van der Waals surface area contributed by atoms with Crippen molar-refractivity contribution in [1.29, 1.82) is 0 Å². The highest BCUT2D eigenvalue weighted by atomic mass is 35.5. The van der Waals surface area contributed by atoms with Gasteiger partial charge in [0, 0.05) is 57.3 Å². The van der Waals surface area contributed by atoms with E-state index < -0.39 is 11.8 Å². The van der Waals surface area contributed by atoms with Crippen molar-refractivity contribution in [2.45, 2.75) is 0 Å². The van der Waals surface area contributed by atoms with Crippen LogP contribution >= 0.6 is 11.6 Å². The lowest BCUT2D eigenvalue weighted by atomic mass is 10.1. The Labute approximate surface area is 191 Å². The molecule has 0 spiro atoms. The van der Waals surface area contributed by atoms with Crippen molar-refractivity contribution in [2.24, 2.45) is 0 Å². The molecule has 8 nitrogen and oxygen atoms in total. The van der Waals surface area contributed by atoms with Gasteiger partial charge in [-0.25, -0.2) is 9.18 Å². The van der Waals surface area contributed by atoms with Crippen LogP contribution in [0.4, 0.5) is 26.2 Å². The molecule has 0 radical (unpaired) electrons. The number of hydrogen-bond donors (Lipinski definition) is 3. The number of carbonyl (C=O) groups is 2. The van der Waals surface area contributed by atoms with Gasteiger partial charge in [-0.05, 0) is 36.4 Å². The molecule has 32 heavy (non-hydrogen) atoms. The Hall–Kier alpha value is -2.88. The number of ether oxygens (including phenoxy) is 1. The third-order valence-electron chi connectivity index (χ3n) is 4.98. The number of urea groups is 1. The lowest BCUT2D eigenvalue weighted by Gasteiger charge is -2.26. The van der Waals surface area contributed by atoms with Crippen molar-refractivity contribution in [3.63, 3.8) is 0 Å². The van der Waals surface area contributed by atoms with Crippen molar-refractivity contribution >= 4 is 40.6 Å². The smallest absolute Gasteiger partial charge is 0.323 e. The van der Waals surface area contributed by atoms with Gasteiger partial charge in [-0.1, -0.05) is 11.6 Å². The minimum Gasteiger partial charge on any atom is -0.379 e. The predicted molar refractivity (Wildman–Crippen MR) is 124 cm³/mol. The average Bonchev–Trinajstić information content (AvgIpc) is 2.76. The molecule has 0 saturated carbocycles. The number of morpholine rings is 1. The van der Waals surface area contributed by atoms with E-state index in [2.05, 4.69) is 20.9 Å². The zero-order valence-electron chi connectivity index (χ0n) is 18.1. The normalized spacial score (nSPS) is 14.0. The van der Waals surface area contributed by atoms with E-state index >= 15 is 0 Å². The number of anilines is 3. The number of benzene rings is 2. The molecular weight excluding hydrogens is 437 g/mol. The quantitative estimate of drug-likeness (QED) is 0.587. The van der Waals surface area contributed by atoms with Crippen LogP contribution in [0.15, 0.2) is 36.4 Å². The van der Waals surface area contributed by atoms with E-state index in [0.29, 0.717) is 36.7 Å². The molecule has 1 aliphatic rings. The Morgan fingerprint density at radius 1 is 1.09 bits per heavy atom. The molecule has 1 heterocycles. The Bertz CT molecular complexity index is 967. The molecule has 3 amide bonds. The molecule has 0 bridgehead atoms. The van der Waals surface area contributed by atoms with Crippen LogP contribution in [0.1, 0.15) is 10.4 Å². The molecule has 1 fully saturated rings. The summed E-state index contributed by atoms with van der Waals surface area (Å²) in [4.78, 5) is 29.3. The topological polar surface area (TPSA) is 85.9 Å². The first-order valence-electron chi connectivity index (χ1n) is 10.3. The van der Waals surface area contributed by atoms with Gasteiger partial charge in [0.25, 0.3) is 5.91 Å².